The van der Waals surface area contributed by atoms with Crippen LogP contribution in [0.2, 0.25) is 0 Å². The summed E-state index contributed by atoms with van der Waals surface area (Å²) in [5, 5.41) is 7.42. The van der Waals surface area contributed by atoms with Crippen molar-refractivity contribution in [2.75, 3.05) is 10.6 Å². The van der Waals surface area contributed by atoms with Gasteiger partial charge in [-0.1, -0.05) is 36.4 Å². The van der Waals surface area contributed by atoms with Crippen molar-refractivity contribution in [3.05, 3.63) is 60.8 Å². The number of rotatable bonds is 2. The molecule has 6 heteroatoms. The number of carbonyl (C=O) groups excluding carboxylic acids is 1. The number of carbonyl (C=O) groups is 1. The quantitative estimate of drug-likeness (QED) is 0.527. The zero-order valence-electron chi connectivity index (χ0n) is 12.1. The van der Waals surface area contributed by atoms with Crippen LogP contribution < -0.4 is 10.6 Å². The number of anilines is 2. The minimum Gasteiger partial charge on any atom is -0.324 e. The number of H-pyrrole nitrogens is 1. The number of aromatic amines is 1. The van der Waals surface area contributed by atoms with Gasteiger partial charge >= 0.3 is 6.03 Å². The molecular weight excluding hydrogens is 290 g/mol. The highest BCUT2D eigenvalue weighted by Gasteiger charge is 2.07. The molecule has 0 fully saturated rings. The lowest BCUT2D eigenvalue weighted by atomic mass is 10.2. The summed E-state index contributed by atoms with van der Waals surface area (Å²) in [5.74, 6) is 0.877. The van der Waals surface area contributed by atoms with Gasteiger partial charge in [-0.05, 0) is 23.6 Å². The van der Waals surface area contributed by atoms with E-state index in [2.05, 4.69) is 25.6 Å². The number of benzene rings is 2. The molecule has 0 spiro atoms. The Morgan fingerprint density at radius 2 is 1.74 bits per heavy atom. The minimum atomic E-state index is -0.396. The van der Waals surface area contributed by atoms with E-state index in [4.69, 9.17) is 0 Å². The molecule has 0 aliphatic carbocycles. The van der Waals surface area contributed by atoms with Crippen LogP contribution in [0.25, 0.3) is 21.8 Å². The van der Waals surface area contributed by atoms with Crippen molar-refractivity contribution in [1.29, 1.82) is 0 Å². The number of imidazole rings is 1. The molecule has 0 aliphatic heterocycles. The standard InChI is InChI=1S/C17H13N5O/c23-17(22-16-19-13-7-3-4-8-14(13)20-16)21-15-9-11-5-1-2-6-12(11)10-18-15/h1-10H,(H3,18,19,20,21,22,23). The number of hydrogen-bond donors (Lipinski definition) is 3. The van der Waals surface area contributed by atoms with E-state index in [0.29, 0.717) is 11.8 Å². The number of amides is 2. The van der Waals surface area contributed by atoms with E-state index in [0.717, 1.165) is 21.8 Å². The van der Waals surface area contributed by atoms with Crippen LogP contribution in [-0.4, -0.2) is 21.0 Å². The predicted octanol–water partition coefficient (Wildman–Crippen LogP) is 3.76. The van der Waals surface area contributed by atoms with Crippen LogP contribution >= 0.6 is 0 Å². The molecule has 2 aromatic carbocycles. The second-order valence-corrected chi connectivity index (χ2v) is 5.10. The van der Waals surface area contributed by atoms with Gasteiger partial charge < -0.3 is 4.98 Å². The van der Waals surface area contributed by atoms with E-state index in [1.807, 2.05) is 54.6 Å². The molecule has 0 unspecified atom stereocenters. The van der Waals surface area contributed by atoms with E-state index >= 15 is 0 Å². The van der Waals surface area contributed by atoms with Crippen molar-refractivity contribution in [2.24, 2.45) is 0 Å². The molecule has 0 aliphatic rings. The molecule has 0 saturated heterocycles. The smallest absolute Gasteiger partial charge is 0.324 e. The van der Waals surface area contributed by atoms with E-state index in [9.17, 15) is 4.79 Å². The highest BCUT2D eigenvalue weighted by Crippen LogP contribution is 2.17. The molecule has 3 N–H and O–H groups in total. The Balaban J connectivity index is 1.52. The van der Waals surface area contributed by atoms with Crippen molar-refractivity contribution in [1.82, 2.24) is 15.0 Å². The lowest BCUT2D eigenvalue weighted by molar-refractivity contribution is 0.262. The Morgan fingerprint density at radius 1 is 0.957 bits per heavy atom. The zero-order valence-corrected chi connectivity index (χ0v) is 12.1. The van der Waals surface area contributed by atoms with E-state index in [1.165, 1.54) is 0 Å². The summed E-state index contributed by atoms with van der Waals surface area (Å²) in [4.78, 5) is 23.6. The van der Waals surface area contributed by atoms with E-state index in [-0.39, 0.29) is 0 Å². The Hall–Kier alpha value is -3.41. The number of nitrogens with one attached hydrogen (secondary N) is 3. The largest absolute Gasteiger partial charge is 0.327 e. The highest BCUT2D eigenvalue weighted by atomic mass is 16.2. The first-order chi connectivity index (χ1) is 11.3. The Bertz CT molecular complexity index is 975. The molecule has 6 nitrogen and oxygen atoms in total. The fourth-order valence-electron chi connectivity index (χ4n) is 2.42. The second-order valence-electron chi connectivity index (χ2n) is 5.10. The van der Waals surface area contributed by atoms with E-state index < -0.39 is 6.03 Å². The maximum atomic E-state index is 12.1. The molecule has 0 bridgehead atoms. The molecule has 4 rings (SSSR count). The second kappa shape index (κ2) is 5.42. The first-order valence-corrected chi connectivity index (χ1v) is 7.15. The van der Waals surface area contributed by atoms with Gasteiger partial charge in [-0.25, -0.2) is 14.8 Å². The molecule has 2 heterocycles. The van der Waals surface area contributed by atoms with Gasteiger partial charge in [0.05, 0.1) is 11.0 Å². The van der Waals surface area contributed by atoms with Crippen molar-refractivity contribution in [2.45, 2.75) is 0 Å². The number of hydrogen-bond acceptors (Lipinski definition) is 3. The predicted molar refractivity (Wildman–Crippen MR) is 90.5 cm³/mol. The van der Waals surface area contributed by atoms with Gasteiger partial charge in [0.1, 0.15) is 5.82 Å². The average molecular weight is 303 g/mol. The lowest BCUT2D eigenvalue weighted by Gasteiger charge is -2.05. The maximum Gasteiger partial charge on any atom is 0.327 e. The lowest BCUT2D eigenvalue weighted by Crippen LogP contribution is -2.20. The van der Waals surface area contributed by atoms with Crippen molar-refractivity contribution < 1.29 is 4.79 Å². The fraction of sp³-hybridized carbons (Fsp3) is 0. The third-order valence-electron chi connectivity index (χ3n) is 3.49. The number of nitrogens with zero attached hydrogens (tertiary/aromatic N) is 2. The Morgan fingerprint density at radius 3 is 2.61 bits per heavy atom. The summed E-state index contributed by atoms with van der Waals surface area (Å²) >= 11 is 0. The average Bonchev–Trinajstić information content (AvgIpc) is 2.96. The van der Waals surface area contributed by atoms with Crippen LogP contribution in [0.5, 0.6) is 0 Å². The van der Waals surface area contributed by atoms with Gasteiger partial charge in [-0.2, -0.15) is 0 Å². The molecule has 0 atom stereocenters. The van der Waals surface area contributed by atoms with Crippen molar-refractivity contribution in [3.8, 4) is 0 Å². The third-order valence-corrected chi connectivity index (χ3v) is 3.49. The van der Waals surface area contributed by atoms with Crippen LogP contribution in [-0.2, 0) is 0 Å². The maximum absolute atomic E-state index is 12.1. The highest BCUT2D eigenvalue weighted by molar-refractivity contribution is 6.00. The molecule has 112 valence electrons. The van der Waals surface area contributed by atoms with Crippen molar-refractivity contribution >= 4 is 39.6 Å². The molecule has 4 aromatic rings. The van der Waals surface area contributed by atoms with Crippen LogP contribution in [0.1, 0.15) is 0 Å². The fourth-order valence-corrected chi connectivity index (χ4v) is 2.42. The van der Waals surface area contributed by atoms with Crippen LogP contribution in [0.4, 0.5) is 16.6 Å². The summed E-state index contributed by atoms with van der Waals surface area (Å²) < 4.78 is 0. The molecule has 0 radical (unpaired) electrons. The summed E-state index contributed by atoms with van der Waals surface area (Å²) in [6.07, 6.45) is 1.73. The normalized spacial score (nSPS) is 10.8. The van der Waals surface area contributed by atoms with Crippen LogP contribution in [0, 0.1) is 0 Å². The number of fused-ring (bicyclic) bond motifs is 2. The first-order valence-electron chi connectivity index (χ1n) is 7.15. The number of aromatic nitrogens is 3. The van der Waals surface area contributed by atoms with Gasteiger partial charge in [0, 0.05) is 11.6 Å². The van der Waals surface area contributed by atoms with Gasteiger partial charge in [0.15, 0.2) is 0 Å². The van der Waals surface area contributed by atoms with Gasteiger partial charge in [0.2, 0.25) is 5.95 Å². The van der Waals surface area contributed by atoms with Gasteiger partial charge in [-0.3, -0.25) is 10.6 Å². The zero-order chi connectivity index (χ0) is 15.6. The molecule has 23 heavy (non-hydrogen) atoms. The summed E-state index contributed by atoms with van der Waals surface area (Å²) in [6.45, 7) is 0. The molecule has 2 amide bonds. The van der Waals surface area contributed by atoms with Gasteiger partial charge in [-0.15, -0.1) is 0 Å². The van der Waals surface area contributed by atoms with Crippen LogP contribution in [0.3, 0.4) is 0 Å². The van der Waals surface area contributed by atoms with Crippen LogP contribution in [0.15, 0.2) is 60.8 Å². The minimum absolute atomic E-state index is 0.393. The third kappa shape index (κ3) is 2.69. The Kier molecular flexibility index (Phi) is 3.12. The van der Waals surface area contributed by atoms with Gasteiger partial charge in [0.25, 0.3) is 0 Å². The monoisotopic (exact) mass is 303 g/mol. The molecule has 0 saturated carbocycles. The molecular formula is C17H13N5O. The molecule has 2 aromatic heterocycles. The number of para-hydroxylation sites is 2. The summed E-state index contributed by atoms with van der Waals surface area (Å²) in [6, 6.07) is 16.8. The number of pyridine rings is 1. The SMILES string of the molecule is O=C(Nc1cc2ccccc2cn1)Nc1nc2ccccc2[nH]1. The Labute approximate surface area is 131 Å². The first kappa shape index (κ1) is 13.3. The summed E-state index contributed by atoms with van der Waals surface area (Å²) in [7, 11) is 0. The van der Waals surface area contributed by atoms with Crippen molar-refractivity contribution in [3.63, 3.8) is 0 Å². The summed E-state index contributed by atoms with van der Waals surface area (Å²) in [5.41, 5.74) is 1.67. The number of urea groups is 1. The topological polar surface area (TPSA) is 82.7 Å². The van der Waals surface area contributed by atoms with E-state index in [1.54, 1.807) is 6.20 Å².